The number of fused-ring (bicyclic) bond motifs is 1. The van der Waals surface area contributed by atoms with E-state index in [-0.39, 0.29) is 24.2 Å². The normalized spacial score (nSPS) is 21.2. The van der Waals surface area contributed by atoms with Gasteiger partial charge in [-0.25, -0.2) is 4.79 Å². The molecule has 2 N–H and O–H groups in total. The first-order valence-electron chi connectivity index (χ1n) is 10.3. The van der Waals surface area contributed by atoms with Crippen LogP contribution in [0.2, 0.25) is 0 Å². The molecule has 1 aromatic rings. The number of nitrogens with zero attached hydrogens (tertiary/aromatic N) is 2. The minimum atomic E-state index is -5.08. The summed E-state index contributed by atoms with van der Waals surface area (Å²) in [5, 5.41) is 9.44. The number of imide groups is 1. The molecule has 3 heterocycles. The fourth-order valence-corrected chi connectivity index (χ4v) is 4.05. The maximum atomic E-state index is 12.7. The summed E-state index contributed by atoms with van der Waals surface area (Å²) < 4.78 is 31.7. The summed E-state index contributed by atoms with van der Waals surface area (Å²) in [4.78, 5) is 59.7. The smallest absolute Gasteiger partial charge is 0.475 e. The van der Waals surface area contributed by atoms with Gasteiger partial charge in [-0.05, 0) is 43.0 Å². The van der Waals surface area contributed by atoms with Crippen molar-refractivity contribution in [1.29, 1.82) is 0 Å². The molecule has 0 unspecified atom stereocenters. The molecule has 33 heavy (non-hydrogen) atoms. The average Bonchev–Trinajstić information content (AvgIpc) is 3.09. The van der Waals surface area contributed by atoms with Crippen LogP contribution in [0.15, 0.2) is 18.2 Å². The van der Waals surface area contributed by atoms with Crippen LogP contribution in [0.4, 0.5) is 18.9 Å². The maximum Gasteiger partial charge on any atom is 0.490 e. The lowest BCUT2D eigenvalue weighted by molar-refractivity contribution is -0.192. The zero-order valence-electron chi connectivity index (χ0n) is 17.4. The van der Waals surface area contributed by atoms with E-state index in [2.05, 4.69) is 10.2 Å². The van der Waals surface area contributed by atoms with E-state index >= 15 is 0 Å². The van der Waals surface area contributed by atoms with E-state index in [0.717, 1.165) is 43.5 Å². The Morgan fingerprint density at radius 2 is 1.76 bits per heavy atom. The lowest BCUT2D eigenvalue weighted by atomic mass is 9.97. The lowest BCUT2D eigenvalue weighted by Gasteiger charge is -2.31. The van der Waals surface area contributed by atoms with E-state index in [1.807, 2.05) is 18.2 Å². The molecule has 9 nitrogen and oxygen atoms in total. The molecular formula is C21H22F3N3O6. The highest BCUT2D eigenvalue weighted by Gasteiger charge is 2.39. The van der Waals surface area contributed by atoms with Crippen LogP contribution in [0.3, 0.4) is 0 Å². The van der Waals surface area contributed by atoms with Gasteiger partial charge in [0.2, 0.25) is 11.8 Å². The first-order chi connectivity index (χ1) is 15.5. The van der Waals surface area contributed by atoms with Crippen molar-refractivity contribution in [2.24, 2.45) is 5.92 Å². The number of amides is 3. The number of anilines is 1. The Hall–Kier alpha value is -3.44. The van der Waals surface area contributed by atoms with Crippen molar-refractivity contribution in [3.63, 3.8) is 0 Å². The number of carboxylic acids is 1. The van der Waals surface area contributed by atoms with Crippen LogP contribution in [-0.2, 0) is 25.7 Å². The van der Waals surface area contributed by atoms with E-state index < -0.39 is 24.1 Å². The van der Waals surface area contributed by atoms with Crippen molar-refractivity contribution < 1.29 is 42.3 Å². The quantitative estimate of drug-likeness (QED) is 0.508. The van der Waals surface area contributed by atoms with Crippen molar-refractivity contribution in [2.45, 2.75) is 44.4 Å². The number of halogens is 3. The van der Waals surface area contributed by atoms with Crippen LogP contribution in [0.25, 0.3) is 0 Å². The van der Waals surface area contributed by atoms with E-state index in [9.17, 15) is 32.3 Å². The van der Waals surface area contributed by atoms with Gasteiger partial charge >= 0.3 is 12.1 Å². The van der Waals surface area contributed by atoms with E-state index in [0.29, 0.717) is 18.5 Å². The van der Waals surface area contributed by atoms with Crippen molar-refractivity contribution in [3.8, 4) is 0 Å². The highest BCUT2D eigenvalue weighted by atomic mass is 19.4. The van der Waals surface area contributed by atoms with Crippen LogP contribution >= 0.6 is 0 Å². The highest BCUT2D eigenvalue weighted by Crippen LogP contribution is 2.31. The first-order valence-corrected chi connectivity index (χ1v) is 10.3. The molecule has 0 aliphatic carbocycles. The maximum absolute atomic E-state index is 12.7. The summed E-state index contributed by atoms with van der Waals surface area (Å²) in [5.41, 5.74) is 2.59. The first kappa shape index (κ1) is 24.2. The average molecular weight is 469 g/mol. The number of carbonyl (C=O) groups is 5. The summed E-state index contributed by atoms with van der Waals surface area (Å²) in [6.07, 6.45) is -1.72. The number of carboxylic acid groups (broad SMARTS) is 1. The number of piperidine rings is 2. The van der Waals surface area contributed by atoms with Gasteiger partial charge < -0.3 is 19.7 Å². The zero-order chi connectivity index (χ0) is 24.3. The molecule has 2 saturated heterocycles. The van der Waals surface area contributed by atoms with Crippen molar-refractivity contribution in [1.82, 2.24) is 10.2 Å². The molecule has 178 valence electrons. The number of hydrogen-bond acceptors (Lipinski definition) is 6. The monoisotopic (exact) mass is 469 g/mol. The second kappa shape index (κ2) is 9.59. The number of benzene rings is 1. The number of aliphatic carboxylic acids is 1. The van der Waals surface area contributed by atoms with Gasteiger partial charge in [-0.3, -0.25) is 19.7 Å². The predicted molar refractivity (Wildman–Crippen MR) is 107 cm³/mol. The summed E-state index contributed by atoms with van der Waals surface area (Å²) in [5.74, 6) is -3.44. The summed E-state index contributed by atoms with van der Waals surface area (Å²) in [6.45, 7) is 2.04. The highest BCUT2D eigenvalue weighted by molar-refractivity contribution is 6.05. The molecule has 0 saturated carbocycles. The van der Waals surface area contributed by atoms with Gasteiger partial charge in [-0.1, -0.05) is 0 Å². The standard InChI is InChI=1S/C19H21N3O4.C2HF3O2/c23-11-12-5-7-21(8-6-12)14-1-2-15-13(9-14)10-22(19(15)26)16-3-4-17(24)20-18(16)25;3-2(4,5)1(6)7/h1-2,9,11-12,16H,3-8,10H2,(H,20,24,25);(H,6,7)/t16-;/m1./s1. The Balaban J connectivity index is 0.000000383. The molecule has 0 aromatic heterocycles. The second-order valence-corrected chi connectivity index (χ2v) is 8.00. The Bertz CT molecular complexity index is 972. The molecule has 0 spiro atoms. The number of nitrogens with one attached hydrogen (secondary N) is 1. The SMILES string of the molecule is O=C(O)C(F)(F)F.O=CC1CCN(c2ccc3c(c2)CN([C@@H]2CCC(=O)NC2=O)C3=O)CC1. The molecule has 3 aliphatic heterocycles. The minimum Gasteiger partial charge on any atom is -0.475 e. The van der Waals surface area contributed by atoms with Gasteiger partial charge in [0.1, 0.15) is 12.3 Å². The topological polar surface area (TPSA) is 124 Å². The Morgan fingerprint density at radius 1 is 1.12 bits per heavy atom. The van der Waals surface area contributed by atoms with E-state index in [1.165, 1.54) is 0 Å². The minimum absolute atomic E-state index is 0.144. The van der Waals surface area contributed by atoms with Gasteiger partial charge in [0, 0.05) is 43.2 Å². The van der Waals surface area contributed by atoms with Crippen LogP contribution < -0.4 is 10.2 Å². The Morgan fingerprint density at radius 3 is 2.30 bits per heavy atom. The zero-order valence-corrected chi connectivity index (χ0v) is 17.4. The third-order valence-corrected chi connectivity index (χ3v) is 5.85. The summed E-state index contributed by atoms with van der Waals surface area (Å²) in [7, 11) is 0. The van der Waals surface area contributed by atoms with Crippen molar-refractivity contribution >= 4 is 35.7 Å². The number of rotatable bonds is 3. The van der Waals surface area contributed by atoms with Gasteiger partial charge in [0.05, 0.1) is 0 Å². The van der Waals surface area contributed by atoms with Crippen LogP contribution in [0.5, 0.6) is 0 Å². The number of carbonyl (C=O) groups excluding carboxylic acids is 4. The molecule has 0 radical (unpaired) electrons. The van der Waals surface area contributed by atoms with Gasteiger partial charge in [0.25, 0.3) is 5.91 Å². The molecule has 12 heteroatoms. The largest absolute Gasteiger partial charge is 0.490 e. The van der Waals surface area contributed by atoms with Crippen molar-refractivity contribution in [3.05, 3.63) is 29.3 Å². The molecular weight excluding hydrogens is 447 g/mol. The van der Waals surface area contributed by atoms with Gasteiger partial charge in [-0.15, -0.1) is 0 Å². The lowest BCUT2D eigenvalue weighted by Crippen LogP contribution is -2.52. The van der Waals surface area contributed by atoms with Gasteiger partial charge in [-0.2, -0.15) is 13.2 Å². The molecule has 1 aromatic carbocycles. The Kier molecular flexibility index (Phi) is 7.04. The summed E-state index contributed by atoms with van der Waals surface area (Å²) in [6, 6.07) is 5.19. The number of alkyl halides is 3. The van der Waals surface area contributed by atoms with Crippen molar-refractivity contribution in [2.75, 3.05) is 18.0 Å². The van der Waals surface area contributed by atoms with Crippen LogP contribution in [-0.4, -0.2) is 65.3 Å². The molecule has 2 fully saturated rings. The molecule has 3 aliphatic rings. The summed E-state index contributed by atoms with van der Waals surface area (Å²) >= 11 is 0. The number of aldehydes is 1. The van der Waals surface area contributed by atoms with Crippen LogP contribution in [0, 0.1) is 5.92 Å². The van der Waals surface area contributed by atoms with Crippen LogP contribution in [0.1, 0.15) is 41.6 Å². The fourth-order valence-electron chi connectivity index (χ4n) is 4.05. The molecule has 3 amide bonds. The second-order valence-electron chi connectivity index (χ2n) is 8.00. The predicted octanol–water partition coefficient (Wildman–Crippen LogP) is 1.50. The molecule has 0 bridgehead atoms. The number of hydrogen-bond donors (Lipinski definition) is 2. The van der Waals surface area contributed by atoms with Gasteiger partial charge in [0.15, 0.2) is 0 Å². The third-order valence-electron chi connectivity index (χ3n) is 5.85. The fraction of sp³-hybridized carbons (Fsp3) is 0.476. The third kappa shape index (κ3) is 5.49. The molecule has 1 atom stereocenters. The Labute approximate surface area is 186 Å². The van der Waals surface area contributed by atoms with E-state index in [4.69, 9.17) is 9.90 Å². The molecule has 4 rings (SSSR count). The van der Waals surface area contributed by atoms with E-state index in [1.54, 1.807) is 4.90 Å².